The van der Waals surface area contributed by atoms with Gasteiger partial charge in [-0.1, -0.05) is 6.07 Å². The minimum absolute atomic E-state index is 0.287. The zero-order valence-electron chi connectivity index (χ0n) is 9.13. The number of rotatable bonds is 3. The first-order chi connectivity index (χ1) is 8.20. The second-order valence-corrected chi connectivity index (χ2v) is 4.45. The molecule has 0 atom stereocenters. The molecule has 0 aromatic carbocycles. The maximum Gasteiger partial charge on any atom is 0.356 e. The Hall–Kier alpha value is -1.44. The summed E-state index contributed by atoms with van der Waals surface area (Å²) in [6, 6.07) is 5.16. The number of carbonyl (C=O) groups excluding carboxylic acids is 1. The van der Waals surface area contributed by atoms with Gasteiger partial charge in [0.15, 0.2) is 11.5 Å². The van der Waals surface area contributed by atoms with Crippen LogP contribution in [0.1, 0.15) is 17.4 Å². The fraction of sp³-hybridized carbons (Fsp3) is 0.182. The highest BCUT2D eigenvalue weighted by molar-refractivity contribution is 14.1. The molecular weight excluding hydrogens is 333 g/mol. The van der Waals surface area contributed by atoms with Crippen molar-refractivity contribution < 1.29 is 9.53 Å². The van der Waals surface area contributed by atoms with Crippen molar-refractivity contribution in [2.45, 2.75) is 6.92 Å². The van der Waals surface area contributed by atoms with Crippen LogP contribution in [0.3, 0.4) is 0 Å². The van der Waals surface area contributed by atoms with Gasteiger partial charge in [-0.05, 0) is 41.6 Å². The lowest BCUT2D eigenvalue weighted by Crippen LogP contribution is -2.09. The molecule has 0 unspecified atom stereocenters. The molecule has 88 valence electrons. The number of hydrogen-bond donors (Lipinski definition) is 0. The number of nitrogens with zero attached hydrogens (tertiary/aromatic N) is 3. The highest BCUT2D eigenvalue weighted by atomic mass is 127. The lowest BCUT2D eigenvalue weighted by Gasteiger charge is -2.03. The Bertz CT molecular complexity index is 539. The van der Waals surface area contributed by atoms with Crippen LogP contribution in [0.5, 0.6) is 0 Å². The molecule has 0 aliphatic heterocycles. The van der Waals surface area contributed by atoms with Gasteiger partial charge in [-0.15, -0.1) is 0 Å². The minimum Gasteiger partial charge on any atom is -0.461 e. The van der Waals surface area contributed by atoms with Gasteiger partial charge in [-0.2, -0.15) is 5.10 Å². The van der Waals surface area contributed by atoms with Gasteiger partial charge in [0.25, 0.3) is 0 Å². The van der Waals surface area contributed by atoms with Crippen LogP contribution in [0, 0.1) is 3.57 Å². The predicted molar refractivity (Wildman–Crippen MR) is 70.0 cm³/mol. The van der Waals surface area contributed by atoms with Gasteiger partial charge in [0.1, 0.15) is 0 Å². The lowest BCUT2D eigenvalue weighted by molar-refractivity contribution is 0.0519. The standard InChI is InChI=1S/C11H10IN3O2/c1-2-17-11(16)9-4-3-5-10(14-9)15-7-8(12)6-13-15/h3-7H,2H2,1H3. The number of hydrogen-bond acceptors (Lipinski definition) is 4. The van der Waals surface area contributed by atoms with E-state index in [0.717, 1.165) is 3.57 Å². The molecule has 2 rings (SSSR count). The quantitative estimate of drug-likeness (QED) is 0.632. The Balaban J connectivity index is 2.31. The lowest BCUT2D eigenvalue weighted by atomic mass is 10.3. The number of aromatic nitrogens is 3. The Labute approximate surface area is 112 Å². The monoisotopic (exact) mass is 343 g/mol. The first kappa shape index (κ1) is 12.0. The van der Waals surface area contributed by atoms with E-state index in [-0.39, 0.29) is 5.69 Å². The number of ether oxygens (including phenoxy) is 1. The minimum atomic E-state index is -0.420. The van der Waals surface area contributed by atoms with E-state index < -0.39 is 5.97 Å². The van der Waals surface area contributed by atoms with E-state index in [4.69, 9.17) is 4.74 Å². The van der Waals surface area contributed by atoms with Crippen molar-refractivity contribution in [1.29, 1.82) is 0 Å². The number of carbonyl (C=O) groups is 1. The topological polar surface area (TPSA) is 57.0 Å². The molecule has 2 aromatic rings. The molecule has 0 bridgehead atoms. The van der Waals surface area contributed by atoms with Crippen molar-refractivity contribution in [2.75, 3.05) is 6.61 Å². The van der Waals surface area contributed by atoms with Crippen LogP contribution in [0.2, 0.25) is 0 Å². The summed E-state index contributed by atoms with van der Waals surface area (Å²) in [7, 11) is 0. The molecule has 0 saturated heterocycles. The summed E-state index contributed by atoms with van der Waals surface area (Å²) >= 11 is 2.16. The van der Waals surface area contributed by atoms with Gasteiger partial charge in [0, 0.05) is 6.20 Å². The molecule has 0 fully saturated rings. The largest absolute Gasteiger partial charge is 0.461 e. The fourth-order valence-electron chi connectivity index (χ4n) is 1.30. The maximum absolute atomic E-state index is 11.5. The Kier molecular flexibility index (Phi) is 3.72. The first-order valence-electron chi connectivity index (χ1n) is 5.05. The van der Waals surface area contributed by atoms with Gasteiger partial charge in [-0.3, -0.25) is 0 Å². The third-order valence-electron chi connectivity index (χ3n) is 2.00. The molecule has 17 heavy (non-hydrogen) atoms. The van der Waals surface area contributed by atoms with Crippen LogP contribution in [-0.4, -0.2) is 27.3 Å². The summed E-state index contributed by atoms with van der Waals surface area (Å²) < 4.78 is 7.51. The van der Waals surface area contributed by atoms with Crippen LogP contribution in [-0.2, 0) is 4.74 Å². The number of esters is 1. The Morgan fingerprint density at radius 1 is 1.53 bits per heavy atom. The van der Waals surface area contributed by atoms with Crippen LogP contribution in [0.4, 0.5) is 0 Å². The second kappa shape index (κ2) is 5.26. The molecule has 6 heteroatoms. The van der Waals surface area contributed by atoms with Crippen LogP contribution < -0.4 is 0 Å². The smallest absolute Gasteiger partial charge is 0.356 e. The second-order valence-electron chi connectivity index (χ2n) is 3.20. The van der Waals surface area contributed by atoms with E-state index in [1.807, 2.05) is 6.20 Å². The van der Waals surface area contributed by atoms with Crippen molar-refractivity contribution in [3.63, 3.8) is 0 Å². The van der Waals surface area contributed by atoms with Gasteiger partial charge >= 0.3 is 5.97 Å². The summed E-state index contributed by atoms with van der Waals surface area (Å²) in [5.74, 6) is 0.176. The summed E-state index contributed by atoms with van der Waals surface area (Å²) in [6.45, 7) is 2.10. The van der Waals surface area contributed by atoms with Crippen LogP contribution >= 0.6 is 22.6 Å². The van der Waals surface area contributed by atoms with E-state index in [9.17, 15) is 4.79 Å². The van der Waals surface area contributed by atoms with E-state index >= 15 is 0 Å². The molecule has 0 N–H and O–H groups in total. The highest BCUT2D eigenvalue weighted by Gasteiger charge is 2.09. The zero-order valence-corrected chi connectivity index (χ0v) is 11.3. The Morgan fingerprint density at radius 3 is 3.00 bits per heavy atom. The van der Waals surface area contributed by atoms with Gasteiger partial charge in [0.05, 0.1) is 16.4 Å². The molecule has 0 amide bonds. The molecule has 0 aliphatic rings. The highest BCUT2D eigenvalue weighted by Crippen LogP contribution is 2.09. The fourth-order valence-corrected chi connectivity index (χ4v) is 1.68. The van der Waals surface area contributed by atoms with E-state index in [0.29, 0.717) is 12.4 Å². The molecule has 2 heterocycles. The average Bonchev–Trinajstić information content (AvgIpc) is 2.76. The Morgan fingerprint density at radius 2 is 2.35 bits per heavy atom. The van der Waals surface area contributed by atoms with Crippen molar-refractivity contribution in [3.8, 4) is 5.82 Å². The van der Waals surface area contributed by atoms with Crippen molar-refractivity contribution in [1.82, 2.24) is 14.8 Å². The van der Waals surface area contributed by atoms with E-state index in [1.54, 1.807) is 36.0 Å². The predicted octanol–water partition coefficient (Wildman–Crippen LogP) is 2.05. The van der Waals surface area contributed by atoms with Crippen LogP contribution in [0.25, 0.3) is 5.82 Å². The van der Waals surface area contributed by atoms with E-state index in [1.165, 1.54) is 0 Å². The molecule has 5 nitrogen and oxygen atoms in total. The molecule has 2 aromatic heterocycles. The molecule has 0 saturated carbocycles. The van der Waals surface area contributed by atoms with E-state index in [2.05, 4.69) is 32.7 Å². The molecule has 0 spiro atoms. The zero-order chi connectivity index (χ0) is 12.3. The number of halogens is 1. The molecular formula is C11H10IN3O2. The third-order valence-corrected chi connectivity index (χ3v) is 2.56. The van der Waals surface area contributed by atoms with Gasteiger partial charge < -0.3 is 4.74 Å². The van der Waals surface area contributed by atoms with Crippen LogP contribution in [0.15, 0.2) is 30.6 Å². The van der Waals surface area contributed by atoms with Crippen molar-refractivity contribution in [2.24, 2.45) is 0 Å². The third kappa shape index (κ3) is 2.82. The normalized spacial score (nSPS) is 10.2. The molecule has 0 aliphatic carbocycles. The number of pyridine rings is 1. The SMILES string of the molecule is CCOC(=O)c1cccc(-n2cc(I)cn2)n1. The van der Waals surface area contributed by atoms with Gasteiger partial charge in [0.2, 0.25) is 0 Å². The van der Waals surface area contributed by atoms with Crippen molar-refractivity contribution >= 4 is 28.6 Å². The van der Waals surface area contributed by atoms with Crippen molar-refractivity contribution in [3.05, 3.63) is 39.9 Å². The molecule has 0 radical (unpaired) electrons. The maximum atomic E-state index is 11.5. The summed E-state index contributed by atoms with van der Waals surface area (Å²) in [5, 5.41) is 4.13. The summed E-state index contributed by atoms with van der Waals surface area (Å²) in [4.78, 5) is 15.7. The summed E-state index contributed by atoms with van der Waals surface area (Å²) in [5.41, 5.74) is 0.287. The summed E-state index contributed by atoms with van der Waals surface area (Å²) in [6.07, 6.45) is 3.55. The average molecular weight is 343 g/mol. The first-order valence-corrected chi connectivity index (χ1v) is 6.13. The van der Waals surface area contributed by atoms with Gasteiger partial charge in [-0.25, -0.2) is 14.5 Å².